The molecule has 2 N–H and O–H groups in total. The molecule has 0 saturated carbocycles. The van der Waals surface area contributed by atoms with Crippen LogP contribution in [0.3, 0.4) is 0 Å². The SMILES string of the molecule is CCCOc1cccc2c1nc(N)n2CCN1CCCC1. The molecule has 114 valence electrons. The van der Waals surface area contributed by atoms with Gasteiger partial charge in [0.1, 0.15) is 11.3 Å². The van der Waals surface area contributed by atoms with Crippen LogP contribution in [0.5, 0.6) is 5.75 Å². The third-order valence-electron chi connectivity index (χ3n) is 4.07. The van der Waals surface area contributed by atoms with Crippen molar-refractivity contribution >= 4 is 17.0 Å². The summed E-state index contributed by atoms with van der Waals surface area (Å²) in [5.74, 6) is 1.41. The number of para-hydroxylation sites is 1. The number of rotatable bonds is 6. The van der Waals surface area contributed by atoms with E-state index in [1.807, 2.05) is 12.1 Å². The largest absolute Gasteiger partial charge is 0.491 e. The van der Waals surface area contributed by atoms with Gasteiger partial charge < -0.3 is 19.9 Å². The lowest BCUT2D eigenvalue weighted by atomic mass is 10.3. The number of ether oxygens (including phenoxy) is 1. The average Bonchev–Trinajstić information content (AvgIpc) is 3.10. The summed E-state index contributed by atoms with van der Waals surface area (Å²) in [6.45, 7) is 7.15. The number of likely N-dealkylation sites (tertiary alicyclic amines) is 1. The highest BCUT2D eigenvalue weighted by molar-refractivity contribution is 5.84. The van der Waals surface area contributed by atoms with Crippen molar-refractivity contribution in [2.75, 3.05) is 32.0 Å². The van der Waals surface area contributed by atoms with Crippen LogP contribution in [0.4, 0.5) is 5.95 Å². The normalized spacial score (nSPS) is 15.9. The Morgan fingerprint density at radius 1 is 1.24 bits per heavy atom. The summed E-state index contributed by atoms with van der Waals surface area (Å²) >= 11 is 0. The van der Waals surface area contributed by atoms with Gasteiger partial charge in [-0.05, 0) is 44.5 Å². The lowest BCUT2D eigenvalue weighted by Gasteiger charge is -2.15. The quantitative estimate of drug-likeness (QED) is 0.887. The molecule has 5 heteroatoms. The molecule has 0 atom stereocenters. The Hall–Kier alpha value is -1.75. The smallest absolute Gasteiger partial charge is 0.201 e. The molecule has 0 unspecified atom stereocenters. The molecule has 1 aromatic heterocycles. The van der Waals surface area contributed by atoms with Crippen LogP contribution in [0.1, 0.15) is 26.2 Å². The number of fused-ring (bicyclic) bond motifs is 1. The third-order valence-corrected chi connectivity index (χ3v) is 4.07. The Kier molecular flexibility index (Phi) is 4.29. The fraction of sp³-hybridized carbons (Fsp3) is 0.562. The molecule has 2 heterocycles. The summed E-state index contributed by atoms with van der Waals surface area (Å²) in [5.41, 5.74) is 8.06. The number of hydrogen-bond donors (Lipinski definition) is 1. The van der Waals surface area contributed by atoms with Gasteiger partial charge in [0.2, 0.25) is 5.95 Å². The van der Waals surface area contributed by atoms with Crippen molar-refractivity contribution in [2.45, 2.75) is 32.7 Å². The summed E-state index contributed by atoms with van der Waals surface area (Å²) in [5, 5.41) is 0. The number of imidazole rings is 1. The number of nitrogens with two attached hydrogens (primary N) is 1. The highest BCUT2D eigenvalue weighted by atomic mass is 16.5. The zero-order valence-corrected chi connectivity index (χ0v) is 12.7. The number of nitrogens with zero attached hydrogens (tertiary/aromatic N) is 3. The van der Waals surface area contributed by atoms with E-state index in [4.69, 9.17) is 10.5 Å². The first-order valence-electron chi connectivity index (χ1n) is 7.89. The van der Waals surface area contributed by atoms with Crippen molar-refractivity contribution in [3.63, 3.8) is 0 Å². The van der Waals surface area contributed by atoms with Crippen molar-refractivity contribution in [1.82, 2.24) is 14.5 Å². The van der Waals surface area contributed by atoms with Gasteiger partial charge in [-0.15, -0.1) is 0 Å². The molecule has 1 aliphatic rings. The minimum atomic E-state index is 0.580. The second-order valence-corrected chi connectivity index (χ2v) is 5.64. The van der Waals surface area contributed by atoms with Gasteiger partial charge in [0.25, 0.3) is 0 Å². The van der Waals surface area contributed by atoms with Gasteiger partial charge >= 0.3 is 0 Å². The van der Waals surface area contributed by atoms with Gasteiger partial charge in [-0.2, -0.15) is 0 Å². The molecule has 1 fully saturated rings. The van der Waals surface area contributed by atoms with Crippen LogP contribution < -0.4 is 10.5 Å². The maximum absolute atomic E-state index is 6.11. The van der Waals surface area contributed by atoms with Crippen LogP contribution in [0.2, 0.25) is 0 Å². The fourth-order valence-corrected chi connectivity index (χ4v) is 2.95. The van der Waals surface area contributed by atoms with E-state index in [1.54, 1.807) is 0 Å². The number of benzene rings is 1. The number of anilines is 1. The molecule has 0 aliphatic carbocycles. The van der Waals surface area contributed by atoms with Crippen LogP contribution in [0, 0.1) is 0 Å². The van der Waals surface area contributed by atoms with Crippen molar-refractivity contribution in [2.24, 2.45) is 0 Å². The molecule has 0 radical (unpaired) electrons. The first kappa shape index (κ1) is 14.2. The second kappa shape index (κ2) is 6.35. The average molecular weight is 288 g/mol. The van der Waals surface area contributed by atoms with E-state index in [0.717, 1.165) is 36.3 Å². The Balaban J connectivity index is 1.82. The van der Waals surface area contributed by atoms with Crippen LogP contribution in [-0.2, 0) is 6.54 Å². The van der Waals surface area contributed by atoms with Crippen LogP contribution >= 0.6 is 0 Å². The van der Waals surface area contributed by atoms with Crippen LogP contribution in [0.25, 0.3) is 11.0 Å². The summed E-state index contributed by atoms with van der Waals surface area (Å²) in [4.78, 5) is 7.00. The standard InChI is InChI=1S/C16H24N4O/c1-2-12-21-14-7-5-6-13-15(14)18-16(17)20(13)11-10-19-8-3-4-9-19/h5-7H,2-4,8-12H2,1H3,(H2,17,18). The second-order valence-electron chi connectivity index (χ2n) is 5.64. The van der Waals surface area contributed by atoms with E-state index in [-0.39, 0.29) is 0 Å². The van der Waals surface area contributed by atoms with Gasteiger partial charge in [0.05, 0.1) is 12.1 Å². The molecular formula is C16H24N4O. The molecule has 3 rings (SSSR count). The highest BCUT2D eigenvalue weighted by Gasteiger charge is 2.15. The van der Waals surface area contributed by atoms with Gasteiger partial charge in [-0.25, -0.2) is 4.98 Å². The topological polar surface area (TPSA) is 56.3 Å². The summed E-state index contributed by atoms with van der Waals surface area (Å²) in [6.07, 6.45) is 3.62. The highest BCUT2D eigenvalue weighted by Crippen LogP contribution is 2.27. The maximum atomic E-state index is 6.11. The van der Waals surface area contributed by atoms with Gasteiger partial charge in [0.15, 0.2) is 0 Å². The van der Waals surface area contributed by atoms with E-state index < -0.39 is 0 Å². The minimum Gasteiger partial charge on any atom is -0.491 e. The molecular weight excluding hydrogens is 264 g/mol. The lowest BCUT2D eigenvalue weighted by molar-refractivity contribution is 0.320. The molecule has 1 aromatic carbocycles. The van der Waals surface area contributed by atoms with Crippen molar-refractivity contribution in [3.8, 4) is 5.75 Å². The van der Waals surface area contributed by atoms with Crippen LogP contribution in [0.15, 0.2) is 18.2 Å². The molecule has 0 amide bonds. The van der Waals surface area contributed by atoms with Crippen LogP contribution in [-0.4, -0.2) is 40.7 Å². The zero-order valence-electron chi connectivity index (χ0n) is 12.7. The van der Waals surface area contributed by atoms with Gasteiger partial charge in [0, 0.05) is 13.1 Å². The summed E-state index contributed by atoms with van der Waals surface area (Å²) in [7, 11) is 0. The zero-order chi connectivity index (χ0) is 14.7. The Labute approximate surface area is 125 Å². The van der Waals surface area contributed by atoms with E-state index >= 15 is 0 Å². The molecule has 0 spiro atoms. The Morgan fingerprint density at radius 3 is 2.81 bits per heavy atom. The predicted molar refractivity (Wildman–Crippen MR) is 85.6 cm³/mol. The Bertz CT molecular complexity index is 602. The Morgan fingerprint density at radius 2 is 2.05 bits per heavy atom. The van der Waals surface area contributed by atoms with E-state index in [2.05, 4.69) is 27.4 Å². The molecule has 21 heavy (non-hydrogen) atoms. The molecule has 2 aromatic rings. The molecule has 1 saturated heterocycles. The first-order chi connectivity index (χ1) is 10.3. The van der Waals surface area contributed by atoms with E-state index in [9.17, 15) is 0 Å². The van der Waals surface area contributed by atoms with Crippen molar-refractivity contribution in [1.29, 1.82) is 0 Å². The molecule has 0 bridgehead atoms. The van der Waals surface area contributed by atoms with E-state index in [0.29, 0.717) is 12.6 Å². The van der Waals surface area contributed by atoms with Gasteiger partial charge in [-0.3, -0.25) is 0 Å². The van der Waals surface area contributed by atoms with Gasteiger partial charge in [-0.1, -0.05) is 13.0 Å². The maximum Gasteiger partial charge on any atom is 0.201 e. The third kappa shape index (κ3) is 2.97. The number of hydrogen-bond acceptors (Lipinski definition) is 4. The van der Waals surface area contributed by atoms with Crippen molar-refractivity contribution < 1.29 is 4.74 Å². The summed E-state index contributed by atoms with van der Waals surface area (Å²) < 4.78 is 7.88. The number of aromatic nitrogens is 2. The lowest BCUT2D eigenvalue weighted by Crippen LogP contribution is -2.24. The minimum absolute atomic E-state index is 0.580. The summed E-state index contributed by atoms with van der Waals surface area (Å²) in [6, 6.07) is 6.05. The molecule has 5 nitrogen and oxygen atoms in total. The predicted octanol–water partition coefficient (Wildman–Crippen LogP) is 2.50. The fourth-order valence-electron chi connectivity index (χ4n) is 2.95. The van der Waals surface area contributed by atoms with Crippen molar-refractivity contribution in [3.05, 3.63) is 18.2 Å². The monoisotopic (exact) mass is 288 g/mol. The number of nitrogen functional groups attached to an aromatic ring is 1. The molecule has 1 aliphatic heterocycles. The van der Waals surface area contributed by atoms with E-state index in [1.165, 1.54) is 25.9 Å². The first-order valence-corrected chi connectivity index (χ1v) is 7.89.